The molecule has 1 aliphatic rings. The van der Waals surface area contributed by atoms with Crippen LogP contribution in [0.4, 0.5) is 5.69 Å². The standard InChI is InChI=1S/C15H21N3O2/c1-11(2)5-8-18-10-12(9-14(18)19)15(20)17-13-3-6-16-7-4-13/h3-4,6-7,11-12H,5,8-10H2,1-2H3,(H,16,17,20)/t12-/m1/s1. The van der Waals surface area contributed by atoms with Crippen LogP contribution < -0.4 is 5.32 Å². The van der Waals surface area contributed by atoms with E-state index in [4.69, 9.17) is 0 Å². The number of amides is 2. The lowest BCUT2D eigenvalue weighted by atomic mass is 10.1. The van der Waals surface area contributed by atoms with E-state index in [0.29, 0.717) is 18.9 Å². The number of likely N-dealkylation sites (tertiary alicyclic amines) is 1. The van der Waals surface area contributed by atoms with E-state index in [0.717, 1.165) is 18.7 Å². The third-order valence-electron chi connectivity index (χ3n) is 3.51. The van der Waals surface area contributed by atoms with Gasteiger partial charge in [-0.25, -0.2) is 0 Å². The third kappa shape index (κ3) is 3.79. The molecule has 5 nitrogen and oxygen atoms in total. The topological polar surface area (TPSA) is 62.3 Å². The number of hydrogen-bond donors (Lipinski definition) is 1. The van der Waals surface area contributed by atoms with E-state index in [1.165, 1.54) is 0 Å². The number of pyridine rings is 1. The maximum absolute atomic E-state index is 12.1. The van der Waals surface area contributed by atoms with Gasteiger partial charge in [0.2, 0.25) is 11.8 Å². The minimum atomic E-state index is -0.247. The van der Waals surface area contributed by atoms with Gasteiger partial charge in [0.1, 0.15) is 0 Å². The average Bonchev–Trinajstić information content (AvgIpc) is 2.79. The Morgan fingerprint density at radius 3 is 2.80 bits per heavy atom. The van der Waals surface area contributed by atoms with Crippen molar-refractivity contribution in [2.75, 3.05) is 18.4 Å². The summed E-state index contributed by atoms with van der Waals surface area (Å²) in [6, 6.07) is 3.48. The molecule has 0 radical (unpaired) electrons. The molecule has 0 spiro atoms. The van der Waals surface area contributed by atoms with Crippen molar-refractivity contribution in [1.29, 1.82) is 0 Å². The molecule has 1 N–H and O–H groups in total. The Hall–Kier alpha value is -1.91. The van der Waals surface area contributed by atoms with Gasteiger partial charge in [0, 0.05) is 37.6 Å². The van der Waals surface area contributed by atoms with Crippen LogP contribution in [0.1, 0.15) is 26.7 Å². The van der Waals surface area contributed by atoms with Crippen molar-refractivity contribution in [3.63, 3.8) is 0 Å². The van der Waals surface area contributed by atoms with E-state index in [2.05, 4.69) is 24.1 Å². The summed E-state index contributed by atoms with van der Waals surface area (Å²) < 4.78 is 0. The Bertz CT molecular complexity index is 473. The van der Waals surface area contributed by atoms with Gasteiger partial charge in [-0.3, -0.25) is 14.6 Å². The Morgan fingerprint density at radius 2 is 2.15 bits per heavy atom. The zero-order valence-electron chi connectivity index (χ0n) is 12.0. The lowest BCUT2D eigenvalue weighted by molar-refractivity contribution is -0.128. The first kappa shape index (κ1) is 14.5. The summed E-state index contributed by atoms with van der Waals surface area (Å²) >= 11 is 0. The third-order valence-corrected chi connectivity index (χ3v) is 3.51. The first-order valence-corrected chi connectivity index (χ1v) is 7.05. The molecule has 0 aromatic carbocycles. The molecule has 2 heterocycles. The van der Waals surface area contributed by atoms with Crippen molar-refractivity contribution < 1.29 is 9.59 Å². The lowest BCUT2D eigenvalue weighted by Gasteiger charge is -2.17. The first-order chi connectivity index (χ1) is 9.56. The Morgan fingerprint density at radius 1 is 1.45 bits per heavy atom. The van der Waals surface area contributed by atoms with Crippen LogP contribution in [-0.2, 0) is 9.59 Å². The second-order valence-electron chi connectivity index (χ2n) is 5.65. The number of hydrogen-bond acceptors (Lipinski definition) is 3. The van der Waals surface area contributed by atoms with Crippen LogP contribution in [0, 0.1) is 11.8 Å². The number of nitrogens with zero attached hydrogens (tertiary/aromatic N) is 2. The summed E-state index contributed by atoms with van der Waals surface area (Å²) in [6.45, 7) is 5.54. The van der Waals surface area contributed by atoms with Crippen LogP contribution in [-0.4, -0.2) is 34.8 Å². The van der Waals surface area contributed by atoms with Gasteiger partial charge in [-0.05, 0) is 24.5 Å². The highest BCUT2D eigenvalue weighted by molar-refractivity contribution is 5.97. The summed E-state index contributed by atoms with van der Waals surface area (Å²) in [5, 5.41) is 2.83. The molecular weight excluding hydrogens is 254 g/mol. The highest BCUT2D eigenvalue weighted by Gasteiger charge is 2.33. The monoisotopic (exact) mass is 275 g/mol. The molecule has 1 aliphatic heterocycles. The highest BCUT2D eigenvalue weighted by Crippen LogP contribution is 2.20. The van der Waals surface area contributed by atoms with E-state index in [9.17, 15) is 9.59 Å². The van der Waals surface area contributed by atoms with E-state index in [1.807, 2.05) is 0 Å². The Kier molecular flexibility index (Phi) is 4.71. The number of aromatic nitrogens is 1. The largest absolute Gasteiger partial charge is 0.342 e. The van der Waals surface area contributed by atoms with E-state index < -0.39 is 0 Å². The SMILES string of the molecule is CC(C)CCN1C[C@H](C(=O)Nc2ccncc2)CC1=O. The number of carbonyl (C=O) groups excluding carboxylic acids is 2. The molecule has 20 heavy (non-hydrogen) atoms. The Labute approximate surface area is 119 Å². The Balaban J connectivity index is 1.88. The fourth-order valence-electron chi connectivity index (χ4n) is 2.26. The van der Waals surface area contributed by atoms with Crippen molar-refractivity contribution in [2.45, 2.75) is 26.7 Å². The molecule has 1 atom stereocenters. The van der Waals surface area contributed by atoms with Crippen molar-refractivity contribution >= 4 is 17.5 Å². The molecule has 0 unspecified atom stereocenters. The molecule has 2 amide bonds. The van der Waals surface area contributed by atoms with Gasteiger partial charge in [-0.15, -0.1) is 0 Å². The number of rotatable bonds is 5. The average molecular weight is 275 g/mol. The fourth-order valence-corrected chi connectivity index (χ4v) is 2.26. The van der Waals surface area contributed by atoms with E-state index in [-0.39, 0.29) is 17.7 Å². The molecule has 0 bridgehead atoms. The second-order valence-corrected chi connectivity index (χ2v) is 5.65. The first-order valence-electron chi connectivity index (χ1n) is 7.05. The van der Waals surface area contributed by atoms with E-state index in [1.54, 1.807) is 29.4 Å². The molecule has 1 aromatic heterocycles. The van der Waals surface area contributed by atoms with Gasteiger partial charge in [-0.2, -0.15) is 0 Å². The van der Waals surface area contributed by atoms with Crippen LogP contribution in [0.2, 0.25) is 0 Å². The van der Waals surface area contributed by atoms with Gasteiger partial charge in [-0.1, -0.05) is 13.8 Å². The van der Waals surface area contributed by atoms with Crippen LogP contribution >= 0.6 is 0 Å². The molecular formula is C15H21N3O2. The summed E-state index contributed by atoms with van der Waals surface area (Å²) in [5.41, 5.74) is 0.720. The smallest absolute Gasteiger partial charge is 0.229 e. The molecule has 0 saturated carbocycles. The maximum atomic E-state index is 12.1. The summed E-state index contributed by atoms with van der Waals surface area (Å²) in [4.78, 5) is 29.7. The fraction of sp³-hybridized carbons (Fsp3) is 0.533. The van der Waals surface area contributed by atoms with Crippen LogP contribution in [0.15, 0.2) is 24.5 Å². The minimum Gasteiger partial charge on any atom is -0.342 e. The molecule has 108 valence electrons. The van der Waals surface area contributed by atoms with Crippen molar-refractivity contribution in [3.8, 4) is 0 Å². The highest BCUT2D eigenvalue weighted by atomic mass is 16.2. The molecule has 2 rings (SSSR count). The zero-order chi connectivity index (χ0) is 14.5. The quantitative estimate of drug-likeness (QED) is 0.893. The molecule has 1 saturated heterocycles. The van der Waals surface area contributed by atoms with Gasteiger partial charge in [0.05, 0.1) is 5.92 Å². The number of anilines is 1. The molecule has 0 aliphatic carbocycles. The summed E-state index contributed by atoms with van der Waals surface area (Å²) in [7, 11) is 0. The predicted octanol–water partition coefficient (Wildman–Crippen LogP) is 1.91. The van der Waals surface area contributed by atoms with Gasteiger partial charge >= 0.3 is 0 Å². The van der Waals surface area contributed by atoms with Crippen LogP contribution in [0.5, 0.6) is 0 Å². The molecule has 1 aromatic rings. The van der Waals surface area contributed by atoms with Gasteiger partial charge < -0.3 is 10.2 Å². The van der Waals surface area contributed by atoms with Gasteiger partial charge in [0.15, 0.2) is 0 Å². The molecule has 1 fully saturated rings. The maximum Gasteiger partial charge on any atom is 0.229 e. The van der Waals surface area contributed by atoms with Crippen molar-refractivity contribution in [1.82, 2.24) is 9.88 Å². The van der Waals surface area contributed by atoms with Gasteiger partial charge in [0.25, 0.3) is 0 Å². The van der Waals surface area contributed by atoms with Crippen molar-refractivity contribution in [2.24, 2.45) is 11.8 Å². The van der Waals surface area contributed by atoms with Crippen LogP contribution in [0.25, 0.3) is 0 Å². The van der Waals surface area contributed by atoms with Crippen molar-refractivity contribution in [3.05, 3.63) is 24.5 Å². The van der Waals surface area contributed by atoms with E-state index >= 15 is 0 Å². The summed E-state index contributed by atoms with van der Waals surface area (Å²) in [6.07, 6.45) is 4.55. The molecule has 5 heteroatoms. The lowest BCUT2D eigenvalue weighted by Crippen LogP contribution is -2.29. The minimum absolute atomic E-state index is 0.0838. The normalized spacial score (nSPS) is 18.6. The summed E-state index contributed by atoms with van der Waals surface area (Å²) in [5.74, 6) is 0.312. The predicted molar refractivity (Wildman–Crippen MR) is 77.0 cm³/mol. The second kappa shape index (κ2) is 6.50. The van der Waals surface area contributed by atoms with Crippen LogP contribution in [0.3, 0.4) is 0 Å². The number of nitrogens with one attached hydrogen (secondary N) is 1. The zero-order valence-corrected chi connectivity index (χ0v) is 12.0. The number of carbonyl (C=O) groups is 2.